The molecule has 0 saturated carbocycles. The van der Waals surface area contributed by atoms with Gasteiger partial charge in [-0.2, -0.15) is 0 Å². The number of ether oxygens (including phenoxy) is 4. The molecule has 2 rings (SSSR count). The lowest BCUT2D eigenvalue weighted by atomic mass is 9.80. The number of carbonyl (C=O) groups excluding carboxylic acids is 2. The van der Waals surface area contributed by atoms with Gasteiger partial charge in [-0.15, -0.1) is 0 Å². The summed E-state index contributed by atoms with van der Waals surface area (Å²) in [5.41, 5.74) is 0.0295. The monoisotopic (exact) mass is 422 g/mol. The molecule has 0 aliphatic heterocycles. The summed E-state index contributed by atoms with van der Waals surface area (Å²) in [5.74, 6) is 5.62. The molecule has 0 N–H and O–H groups in total. The Hall–Kier alpha value is -3.72. The molecule has 0 unspecified atom stereocenters. The lowest BCUT2D eigenvalue weighted by molar-refractivity contribution is -0.168. The average molecular weight is 422 g/mol. The van der Waals surface area contributed by atoms with Crippen molar-refractivity contribution in [2.75, 3.05) is 28.4 Å². The van der Waals surface area contributed by atoms with Gasteiger partial charge in [0.15, 0.2) is 16.9 Å². The normalized spacial score (nSPS) is 10.7. The number of rotatable bonds is 8. The fraction of sp³-hybridized carbons (Fsp3) is 0.280. The first-order valence-electron chi connectivity index (χ1n) is 9.60. The third-order valence-corrected chi connectivity index (χ3v) is 4.73. The highest BCUT2D eigenvalue weighted by Gasteiger charge is 2.47. The van der Waals surface area contributed by atoms with Crippen molar-refractivity contribution in [2.45, 2.75) is 12.8 Å². The first kappa shape index (κ1) is 23.6. The minimum absolute atomic E-state index is 0.0696. The van der Waals surface area contributed by atoms with E-state index in [0.29, 0.717) is 17.1 Å². The van der Waals surface area contributed by atoms with Gasteiger partial charge in [-0.3, -0.25) is 9.59 Å². The van der Waals surface area contributed by atoms with Gasteiger partial charge in [-0.25, -0.2) is 0 Å². The Balaban J connectivity index is 2.33. The van der Waals surface area contributed by atoms with Crippen LogP contribution in [0.25, 0.3) is 6.08 Å². The van der Waals surface area contributed by atoms with E-state index < -0.39 is 17.4 Å². The van der Waals surface area contributed by atoms with E-state index in [0.717, 1.165) is 5.56 Å². The maximum atomic E-state index is 12.6. The molecule has 2 aromatic carbocycles. The molecule has 6 nitrogen and oxygen atoms in total. The Morgan fingerprint density at radius 1 is 0.903 bits per heavy atom. The maximum Gasteiger partial charge on any atom is 0.324 e. The standard InChI is InChI=1S/C25H26O6/c1-28-21-15-14-20(18-22(21)29-2)13-9-17-25(23(26)30-3,24(27)31-4)16-8-12-19-10-6-5-7-11-19/h5-8,10-12,14-15,18H,16-17H2,1-4H3/b12-8+. The molecule has 0 radical (unpaired) electrons. The first-order chi connectivity index (χ1) is 15.0. The number of methoxy groups -OCH3 is 4. The van der Waals surface area contributed by atoms with Crippen LogP contribution in [0.4, 0.5) is 0 Å². The van der Waals surface area contributed by atoms with Gasteiger partial charge in [0.2, 0.25) is 0 Å². The summed E-state index contributed by atoms with van der Waals surface area (Å²) in [6.07, 6.45) is 3.60. The Morgan fingerprint density at radius 2 is 1.55 bits per heavy atom. The SMILES string of the molecule is COC(=O)C(CC#Cc1ccc(OC)c(OC)c1)(C/C=C/c1ccccc1)C(=O)OC. The van der Waals surface area contributed by atoms with Gasteiger partial charge >= 0.3 is 11.9 Å². The number of benzene rings is 2. The first-order valence-corrected chi connectivity index (χ1v) is 9.60. The molecule has 0 saturated heterocycles. The van der Waals surface area contributed by atoms with E-state index in [2.05, 4.69) is 11.8 Å². The van der Waals surface area contributed by atoms with Gasteiger partial charge in [0.1, 0.15) is 0 Å². The number of hydrogen-bond acceptors (Lipinski definition) is 6. The summed E-state index contributed by atoms with van der Waals surface area (Å²) in [6.45, 7) is 0. The van der Waals surface area contributed by atoms with Crippen molar-refractivity contribution in [1.82, 2.24) is 0 Å². The van der Waals surface area contributed by atoms with Gasteiger partial charge in [0.05, 0.1) is 28.4 Å². The number of carbonyl (C=O) groups is 2. The summed E-state index contributed by atoms with van der Waals surface area (Å²) in [6, 6.07) is 14.8. The number of esters is 2. The van der Waals surface area contributed by atoms with Crippen LogP contribution in [0.5, 0.6) is 11.5 Å². The van der Waals surface area contributed by atoms with Gasteiger partial charge < -0.3 is 18.9 Å². The van der Waals surface area contributed by atoms with Gasteiger partial charge in [0.25, 0.3) is 0 Å². The molecule has 2 aromatic rings. The van der Waals surface area contributed by atoms with Crippen molar-refractivity contribution in [3.05, 3.63) is 65.7 Å². The third kappa shape index (κ3) is 5.89. The van der Waals surface area contributed by atoms with Gasteiger partial charge in [-0.05, 0) is 30.2 Å². The van der Waals surface area contributed by atoms with Crippen LogP contribution in [0.1, 0.15) is 24.0 Å². The van der Waals surface area contributed by atoms with Crippen molar-refractivity contribution in [1.29, 1.82) is 0 Å². The fourth-order valence-corrected chi connectivity index (χ4v) is 3.03. The van der Waals surface area contributed by atoms with E-state index >= 15 is 0 Å². The van der Waals surface area contributed by atoms with Crippen LogP contribution in [-0.4, -0.2) is 40.4 Å². The Bertz CT molecular complexity index is 966. The number of hydrogen-bond donors (Lipinski definition) is 0. The molecule has 0 aliphatic carbocycles. The van der Waals surface area contributed by atoms with Gasteiger partial charge in [0, 0.05) is 12.0 Å². The van der Waals surface area contributed by atoms with Gasteiger partial charge in [-0.1, -0.05) is 54.3 Å². The van der Waals surface area contributed by atoms with Crippen LogP contribution in [0.15, 0.2) is 54.6 Å². The third-order valence-electron chi connectivity index (χ3n) is 4.73. The lowest BCUT2D eigenvalue weighted by Crippen LogP contribution is -2.40. The molecule has 0 aliphatic rings. The minimum atomic E-state index is -1.57. The predicted molar refractivity (Wildman–Crippen MR) is 118 cm³/mol. The zero-order valence-electron chi connectivity index (χ0n) is 18.1. The predicted octanol–water partition coefficient (Wildman–Crippen LogP) is 3.88. The molecule has 0 bridgehead atoms. The van der Waals surface area contributed by atoms with E-state index in [1.807, 2.05) is 36.4 Å². The summed E-state index contributed by atoms with van der Waals surface area (Å²) >= 11 is 0. The molecule has 162 valence electrons. The second kappa shape index (κ2) is 11.5. The fourth-order valence-electron chi connectivity index (χ4n) is 3.03. The van der Waals surface area contributed by atoms with Crippen molar-refractivity contribution in [3.8, 4) is 23.3 Å². The van der Waals surface area contributed by atoms with E-state index in [1.165, 1.54) is 21.3 Å². The Morgan fingerprint density at radius 3 is 2.13 bits per heavy atom. The molecular formula is C25H26O6. The van der Waals surface area contributed by atoms with Crippen LogP contribution in [0.3, 0.4) is 0 Å². The van der Waals surface area contributed by atoms with E-state index in [4.69, 9.17) is 18.9 Å². The van der Waals surface area contributed by atoms with E-state index in [1.54, 1.807) is 31.4 Å². The van der Waals surface area contributed by atoms with Crippen LogP contribution < -0.4 is 9.47 Å². The van der Waals surface area contributed by atoms with Crippen molar-refractivity contribution in [3.63, 3.8) is 0 Å². The summed E-state index contributed by atoms with van der Waals surface area (Å²) < 4.78 is 20.4. The topological polar surface area (TPSA) is 71.1 Å². The van der Waals surface area contributed by atoms with E-state index in [9.17, 15) is 9.59 Å². The summed E-state index contributed by atoms with van der Waals surface area (Å²) in [7, 11) is 5.56. The molecular weight excluding hydrogens is 396 g/mol. The zero-order chi connectivity index (χ0) is 22.7. The molecule has 31 heavy (non-hydrogen) atoms. The molecule has 0 aromatic heterocycles. The van der Waals surface area contributed by atoms with Crippen LogP contribution in [0.2, 0.25) is 0 Å². The van der Waals surface area contributed by atoms with Crippen molar-refractivity contribution in [2.24, 2.45) is 5.41 Å². The Labute approximate surface area is 182 Å². The van der Waals surface area contributed by atoms with Crippen molar-refractivity contribution >= 4 is 18.0 Å². The molecule has 0 amide bonds. The lowest BCUT2D eigenvalue weighted by Gasteiger charge is -2.24. The second-order valence-corrected chi connectivity index (χ2v) is 6.63. The van der Waals surface area contributed by atoms with Crippen LogP contribution in [-0.2, 0) is 19.1 Å². The number of allylic oxidation sites excluding steroid dienone is 1. The summed E-state index contributed by atoms with van der Waals surface area (Å²) in [5, 5.41) is 0. The molecule has 0 spiro atoms. The van der Waals surface area contributed by atoms with Crippen LogP contribution >= 0.6 is 0 Å². The molecule has 0 atom stereocenters. The highest BCUT2D eigenvalue weighted by atomic mass is 16.5. The minimum Gasteiger partial charge on any atom is -0.493 e. The largest absolute Gasteiger partial charge is 0.493 e. The summed E-state index contributed by atoms with van der Waals surface area (Å²) in [4.78, 5) is 25.3. The Kier molecular flexibility index (Phi) is 8.71. The smallest absolute Gasteiger partial charge is 0.324 e. The molecule has 6 heteroatoms. The molecule has 0 fully saturated rings. The quantitative estimate of drug-likeness (QED) is 0.365. The van der Waals surface area contributed by atoms with E-state index in [-0.39, 0.29) is 12.8 Å². The van der Waals surface area contributed by atoms with Crippen LogP contribution in [0, 0.1) is 17.3 Å². The second-order valence-electron chi connectivity index (χ2n) is 6.63. The van der Waals surface area contributed by atoms with Crippen molar-refractivity contribution < 1.29 is 28.5 Å². The highest BCUT2D eigenvalue weighted by Crippen LogP contribution is 2.31. The zero-order valence-corrected chi connectivity index (χ0v) is 18.1. The average Bonchev–Trinajstić information content (AvgIpc) is 2.82. The maximum absolute atomic E-state index is 12.6. The molecule has 0 heterocycles. The highest BCUT2D eigenvalue weighted by molar-refractivity contribution is 6.00.